The van der Waals surface area contributed by atoms with Crippen LogP contribution < -0.4 is 5.32 Å². The Morgan fingerprint density at radius 3 is 2.56 bits per heavy atom. The van der Waals surface area contributed by atoms with Crippen LogP contribution in [0.1, 0.15) is 66.6 Å². The quantitative estimate of drug-likeness (QED) is 0.545. The third-order valence-electron chi connectivity index (χ3n) is 5.36. The van der Waals surface area contributed by atoms with Gasteiger partial charge in [0.2, 0.25) is 0 Å². The van der Waals surface area contributed by atoms with Gasteiger partial charge in [0.05, 0.1) is 12.2 Å². The van der Waals surface area contributed by atoms with E-state index in [0.29, 0.717) is 22.9 Å². The monoisotopic (exact) mass is 451 g/mol. The van der Waals surface area contributed by atoms with Gasteiger partial charge in [0.15, 0.2) is 11.4 Å². The van der Waals surface area contributed by atoms with Crippen LogP contribution in [-0.2, 0) is 17.6 Å². The fraction of sp³-hybridized carbons (Fsp3) is 0.261. The zero-order valence-electron chi connectivity index (χ0n) is 17.3. The van der Waals surface area contributed by atoms with E-state index in [0.717, 1.165) is 23.3 Å². The van der Waals surface area contributed by atoms with Crippen molar-refractivity contribution in [1.82, 2.24) is 9.97 Å². The minimum absolute atomic E-state index is 0.205. The van der Waals surface area contributed by atoms with Gasteiger partial charge in [-0.3, -0.25) is 4.79 Å². The van der Waals surface area contributed by atoms with Crippen molar-refractivity contribution < 1.29 is 24.2 Å². The summed E-state index contributed by atoms with van der Waals surface area (Å²) in [6.45, 7) is 1.93. The lowest BCUT2D eigenvalue weighted by atomic mass is 9.83. The van der Waals surface area contributed by atoms with E-state index in [1.54, 1.807) is 6.92 Å². The third kappa shape index (κ3) is 4.24. The summed E-state index contributed by atoms with van der Waals surface area (Å²) in [7, 11) is 0. The molecule has 0 spiro atoms. The van der Waals surface area contributed by atoms with Crippen LogP contribution in [-0.4, -0.2) is 39.5 Å². The van der Waals surface area contributed by atoms with Gasteiger partial charge < -0.3 is 15.2 Å². The number of hydrogen-bond donors (Lipinski definition) is 2. The van der Waals surface area contributed by atoms with Crippen molar-refractivity contribution in [3.63, 3.8) is 0 Å². The van der Waals surface area contributed by atoms with Crippen LogP contribution >= 0.6 is 11.3 Å². The van der Waals surface area contributed by atoms with Crippen molar-refractivity contribution in [2.24, 2.45) is 0 Å². The molecule has 0 radical (unpaired) electrons. The fourth-order valence-corrected chi connectivity index (χ4v) is 5.24. The smallest absolute Gasteiger partial charge is 0.356 e. The summed E-state index contributed by atoms with van der Waals surface area (Å²) < 4.78 is 5.25. The molecule has 4 rings (SSSR count). The van der Waals surface area contributed by atoms with Crippen LogP contribution in [0.15, 0.2) is 42.7 Å². The SMILES string of the molecule is CCOC(=O)c1c(NC(=O)c2nccnc2C(=O)O)sc2c1CCC(c1ccccc1)C2. The van der Waals surface area contributed by atoms with Gasteiger partial charge in [-0.15, -0.1) is 11.3 Å². The van der Waals surface area contributed by atoms with Crippen LogP contribution in [0.5, 0.6) is 0 Å². The van der Waals surface area contributed by atoms with Crippen LogP contribution in [0.4, 0.5) is 5.00 Å². The highest BCUT2D eigenvalue weighted by Gasteiger charge is 2.31. The molecule has 0 bridgehead atoms. The third-order valence-corrected chi connectivity index (χ3v) is 6.53. The lowest BCUT2D eigenvalue weighted by Gasteiger charge is -2.23. The zero-order chi connectivity index (χ0) is 22.7. The lowest BCUT2D eigenvalue weighted by molar-refractivity contribution is 0.0526. The second kappa shape index (κ2) is 9.27. The first-order chi connectivity index (χ1) is 15.5. The van der Waals surface area contributed by atoms with Crippen molar-refractivity contribution in [2.75, 3.05) is 11.9 Å². The number of ether oxygens (including phenoxy) is 1. The molecule has 1 aromatic carbocycles. The molecule has 2 heterocycles. The molecular weight excluding hydrogens is 430 g/mol. The Morgan fingerprint density at radius 2 is 1.88 bits per heavy atom. The molecule has 1 atom stereocenters. The second-order valence-corrected chi connectivity index (χ2v) is 8.40. The van der Waals surface area contributed by atoms with Crippen molar-refractivity contribution >= 4 is 34.2 Å². The summed E-state index contributed by atoms with van der Waals surface area (Å²) in [4.78, 5) is 45.6. The molecular formula is C23H21N3O5S. The number of carbonyl (C=O) groups is 3. The Hall–Kier alpha value is -3.59. The van der Waals surface area contributed by atoms with E-state index in [2.05, 4.69) is 27.4 Å². The van der Waals surface area contributed by atoms with Crippen LogP contribution in [0.2, 0.25) is 0 Å². The van der Waals surface area contributed by atoms with E-state index in [9.17, 15) is 19.5 Å². The van der Waals surface area contributed by atoms with Gasteiger partial charge in [-0.05, 0) is 43.2 Å². The number of carboxylic acids is 1. The Bertz CT molecular complexity index is 1180. The van der Waals surface area contributed by atoms with Gasteiger partial charge in [-0.1, -0.05) is 30.3 Å². The van der Waals surface area contributed by atoms with Crippen LogP contribution in [0, 0.1) is 0 Å². The van der Waals surface area contributed by atoms with E-state index in [4.69, 9.17) is 4.74 Å². The summed E-state index contributed by atoms with van der Waals surface area (Å²) in [6, 6.07) is 10.2. The lowest BCUT2D eigenvalue weighted by Crippen LogP contribution is -2.20. The highest BCUT2D eigenvalue weighted by atomic mass is 32.1. The maximum absolute atomic E-state index is 12.8. The maximum atomic E-state index is 12.8. The molecule has 9 heteroatoms. The molecule has 0 saturated carbocycles. The predicted octanol–water partition coefficient (Wildman–Crippen LogP) is 3.94. The van der Waals surface area contributed by atoms with Gasteiger partial charge >= 0.3 is 11.9 Å². The summed E-state index contributed by atoms with van der Waals surface area (Å²) in [5, 5.41) is 12.3. The molecule has 164 valence electrons. The highest BCUT2D eigenvalue weighted by Crippen LogP contribution is 2.43. The molecule has 0 aliphatic heterocycles. The predicted molar refractivity (Wildman–Crippen MR) is 118 cm³/mol. The molecule has 3 aromatic rings. The number of amides is 1. The van der Waals surface area contributed by atoms with E-state index in [1.165, 1.54) is 29.3 Å². The second-order valence-electron chi connectivity index (χ2n) is 7.29. The van der Waals surface area contributed by atoms with E-state index >= 15 is 0 Å². The number of hydrogen-bond acceptors (Lipinski definition) is 7. The highest BCUT2D eigenvalue weighted by molar-refractivity contribution is 7.17. The molecule has 32 heavy (non-hydrogen) atoms. The molecule has 1 aliphatic carbocycles. The number of fused-ring (bicyclic) bond motifs is 1. The van der Waals surface area contributed by atoms with Gasteiger partial charge in [-0.2, -0.15) is 0 Å². The van der Waals surface area contributed by atoms with Gasteiger partial charge in [-0.25, -0.2) is 19.6 Å². The number of rotatable bonds is 6. The Labute approximate surface area is 188 Å². The van der Waals surface area contributed by atoms with Gasteiger partial charge in [0.25, 0.3) is 5.91 Å². The Morgan fingerprint density at radius 1 is 1.16 bits per heavy atom. The molecule has 1 aliphatic rings. The maximum Gasteiger partial charge on any atom is 0.356 e. The molecule has 8 nitrogen and oxygen atoms in total. The number of esters is 1. The standard InChI is InChI=1S/C23H21N3O5S/c1-2-31-23(30)17-15-9-8-14(13-6-4-3-5-7-13)12-16(15)32-21(17)26-20(27)18-19(22(28)29)25-11-10-24-18/h3-7,10-11,14H,2,8-9,12H2,1H3,(H,26,27)(H,28,29). The first-order valence-electron chi connectivity index (χ1n) is 10.2. The van der Waals surface area contributed by atoms with Gasteiger partial charge in [0, 0.05) is 17.3 Å². The summed E-state index contributed by atoms with van der Waals surface area (Å²) in [5.41, 5.74) is 1.69. The minimum atomic E-state index is -1.36. The first kappa shape index (κ1) is 21.6. The Balaban J connectivity index is 1.68. The Kier molecular flexibility index (Phi) is 6.27. The van der Waals surface area contributed by atoms with Crippen molar-refractivity contribution in [1.29, 1.82) is 0 Å². The van der Waals surface area contributed by atoms with Crippen molar-refractivity contribution in [3.8, 4) is 0 Å². The van der Waals surface area contributed by atoms with E-state index in [-0.39, 0.29) is 12.3 Å². The number of thiophene rings is 1. The summed E-state index contributed by atoms with van der Waals surface area (Å²) in [6.07, 6.45) is 4.76. The van der Waals surface area contributed by atoms with E-state index < -0.39 is 23.5 Å². The van der Waals surface area contributed by atoms with Crippen LogP contribution in [0.3, 0.4) is 0 Å². The topological polar surface area (TPSA) is 118 Å². The molecule has 0 saturated heterocycles. The largest absolute Gasteiger partial charge is 0.476 e. The number of anilines is 1. The van der Waals surface area contributed by atoms with Gasteiger partial charge in [0.1, 0.15) is 5.00 Å². The van der Waals surface area contributed by atoms with Crippen molar-refractivity contribution in [2.45, 2.75) is 32.1 Å². The number of aromatic nitrogens is 2. The summed E-state index contributed by atoms with van der Waals surface area (Å²) >= 11 is 1.32. The number of nitrogens with zero attached hydrogens (tertiary/aromatic N) is 2. The number of carboxylic acid groups (broad SMARTS) is 1. The average Bonchev–Trinajstić information content (AvgIpc) is 3.16. The van der Waals surface area contributed by atoms with E-state index in [1.807, 2.05) is 18.2 Å². The fourth-order valence-electron chi connectivity index (χ4n) is 3.93. The van der Waals surface area contributed by atoms with Crippen LogP contribution in [0.25, 0.3) is 0 Å². The normalized spacial score (nSPS) is 15.0. The molecule has 1 unspecified atom stereocenters. The molecule has 0 fully saturated rings. The van der Waals surface area contributed by atoms with Crippen molar-refractivity contribution in [3.05, 3.63) is 75.7 Å². The minimum Gasteiger partial charge on any atom is -0.476 e. The average molecular weight is 452 g/mol. The zero-order valence-corrected chi connectivity index (χ0v) is 18.1. The molecule has 2 N–H and O–H groups in total. The first-order valence-corrected chi connectivity index (χ1v) is 11.0. The summed E-state index contributed by atoms with van der Waals surface area (Å²) in [5.74, 6) is -2.28. The number of benzene rings is 1. The number of carbonyl (C=O) groups excluding carboxylic acids is 2. The number of aromatic carboxylic acids is 1. The molecule has 2 aromatic heterocycles. The molecule has 1 amide bonds. The number of nitrogens with one attached hydrogen (secondary N) is 1.